The minimum Gasteiger partial charge on any atom is -0.493 e. The molecule has 1 rings (SSSR count). The standard InChI is InChI=1S/C16H20N2O4/c1-4-22-16(19)13(10-17)11-18-8-7-12-5-6-14(20-2)15(9-12)21-3/h5-6,9,11,18H,4,7-8H2,1-3H3. The third-order valence-electron chi connectivity index (χ3n) is 2.87. The van der Waals surface area contributed by atoms with Crippen molar-refractivity contribution in [3.05, 3.63) is 35.5 Å². The molecule has 0 bridgehead atoms. The molecule has 0 aliphatic heterocycles. The molecule has 0 saturated carbocycles. The van der Waals surface area contributed by atoms with Gasteiger partial charge >= 0.3 is 5.97 Å². The number of ether oxygens (including phenoxy) is 3. The summed E-state index contributed by atoms with van der Waals surface area (Å²) in [7, 11) is 3.17. The zero-order valence-corrected chi connectivity index (χ0v) is 13.0. The van der Waals surface area contributed by atoms with Crippen molar-refractivity contribution in [2.75, 3.05) is 27.4 Å². The number of carbonyl (C=O) groups is 1. The second kappa shape index (κ2) is 9.29. The van der Waals surface area contributed by atoms with Gasteiger partial charge in [0.05, 0.1) is 20.8 Å². The van der Waals surface area contributed by atoms with Gasteiger partial charge in [0, 0.05) is 12.7 Å². The number of nitrogens with zero attached hydrogens (tertiary/aromatic N) is 1. The van der Waals surface area contributed by atoms with Gasteiger partial charge in [-0.1, -0.05) is 6.07 Å². The number of nitrogens with one attached hydrogen (secondary N) is 1. The van der Waals surface area contributed by atoms with Crippen LogP contribution in [0.25, 0.3) is 0 Å². The van der Waals surface area contributed by atoms with E-state index in [1.165, 1.54) is 6.20 Å². The molecule has 0 atom stereocenters. The van der Waals surface area contributed by atoms with E-state index in [1.54, 1.807) is 27.2 Å². The van der Waals surface area contributed by atoms with Crippen molar-refractivity contribution >= 4 is 5.97 Å². The monoisotopic (exact) mass is 304 g/mol. The van der Waals surface area contributed by atoms with Crippen LogP contribution in [0.1, 0.15) is 12.5 Å². The molecule has 0 radical (unpaired) electrons. The van der Waals surface area contributed by atoms with Crippen LogP contribution in [0.5, 0.6) is 11.5 Å². The maximum Gasteiger partial charge on any atom is 0.350 e. The molecule has 0 fully saturated rings. The van der Waals surface area contributed by atoms with Gasteiger partial charge in [0.25, 0.3) is 0 Å². The average molecular weight is 304 g/mol. The predicted octanol–water partition coefficient (Wildman–Crippen LogP) is 1.81. The van der Waals surface area contributed by atoms with Crippen LogP contribution in [0.15, 0.2) is 30.0 Å². The molecule has 118 valence electrons. The third kappa shape index (κ3) is 5.02. The lowest BCUT2D eigenvalue weighted by molar-refractivity contribution is -0.138. The fourth-order valence-corrected chi connectivity index (χ4v) is 1.77. The van der Waals surface area contributed by atoms with E-state index in [9.17, 15) is 4.79 Å². The van der Waals surface area contributed by atoms with Crippen LogP contribution in [-0.2, 0) is 16.0 Å². The molecule has 1 aromatic carbocycles. The van der Waals surface area contributed by atoms with Crippen LogP contribution in [0, 0.1) is 11.3 Å². The Bertz CT molecular complexity index is 576. The summed E-state index contributed by atoms with van der Waals surface area (Å²) in [5.41, 5.74) is 1.00. The average Bonchev–Trinajstić information content (AvgIpc) is 2.54. The quantitative estimate of drug-likeness (QED) is 0.341. The summed E-state index contributed by atoms with van der Waals surface area (Å²) < 4.78 is 15.2. The van der Waals surface area contributed by atoms with Gasteiger partial charge < -0.3 is 19.5 Å². The van der Waals surface area contributed by atoms with Gasteiger partial charge in [-0.3, -0.25) is 0 Å². The number of esters is 1. The Morgan fingerprint density at radius 2 is 2.05 bits per heavy atom. The molecule has 1 N–H and O–H groups in total. The van der Waals surface area contributed by atoms with Gasteiger partial charge in [-0.05, 0) is 31.0 Å². The minimum atomic E-state index is -0.622. The first kappa shape index (κ1) is 17.4. The number of rotatable bonds is 8. The zero-order valence-electron chi connectivity index (χ0n) is 13.0. The SMILES string of the molecule is CCOC(=O)C(C#N)=CNCCc1ccc(OC)c(OC)c1. The summed E-state index contributed by atoms with van der Waals surface area (Å²) in [5.74, 6) is 0.719. The maximum absolute atomic E-state index is 11.4. The Hall–Kier alpha value is -2.68. The molecule has 6 nitrogen and oxygen atoms in total. The molecular formula is C16H20N2O4. The fourth-order valence-electron chi connectivity index (χ4n) is 1.77. The van der Waals surface area contributed by atoms with E-state index in [0.29, 0.717) is 24.5 Å². The third-order valence-corrected chi connectivity index (χ3v) is 2.87. The van der Waals surface area contributed by atoms with Crippen molar-refractivity contribution in [1.82, 2.24) is 5.32 Å². The van der Waals surface area contributed by atoms with E-state index >= 15 is 0 Å². The zero-order chi connectivity index (χ0) is 16.4. The van der Waals surface area contributed by atoms with E-state index in [0.717, 1.165) is 5.56 Å². The molecule has 0 aliphatic rings. The van der Waals surface area contributed by atoms with Gasteiger partial charge in [-0.15, -0.1) is 0 Å². The lowest BCUT2D eigenvalue weighted by Gasteiger charge is -2.09. The van der Waals surface area contributed by atoms with Crippen LogP contribution in [0.4, 0.5) is 0 Å². The Labute approximate surface area is 130 Å². The smallest absolute Gasteiger partial charge is 0.350 e. The number of hydrogen-bond donors (Lipinski definition) is 1. The highest BCUT2D eigenvalue weighted by Gasteiger charge is 2.09. The van der Waals surface area contributed by atoms with Crippen molar-refractivity contribution in [3.8, 4) is 17.6 Å². The second-order valence-electron chi connectivity index (χ2n) is 4.28. The summed E-state index contributed by atoms with van der Waals surface area (Å²) in [5, 5.41) is 11.8. The highest BCUT2D eigenvalue weighted by molar-refractivity contribution is 5.92. The first-order valence-corrected chi connectivity index (χ1v) is 6.87. The summed E-state index contributed by atoms with van der Waals surface area (Å²) in [6.45, 7) is 2.50. The molecule has 1 aromatic rings. The molecule has 22 heavy (non-hydrogen) atoms. The summed E-state index contributed by atoms with van der Waals surface area (Å²) in [4.78, 5) is 11.4. The van der Waals surface area contributed by atoms with Crippen LogP contribution in [-0.4, -0.2) is 33.3 Å². The first-order valence-electron chi connectivity index (χ1n) is 6.87. The molecule has 0 amide bonds. The topological polar surface area (TPSA) is 80.6 Å². The summed E-state index contributed by atoms with van der Waals surface area (Å²) in [6.07, 6.45) is 2.08. The van der Waals surface area contributed by atoms with Crippen molar-refractivity contribution in [2.24, 2.45) is 0 Å². The van der Waals surface area contributed by atoms with Crippen molar-refractivity contribution in [2.45, 2.75) is 13.3 Å². The van der Waals surface area contributed by atoms with Gasteiger partial charge in [-0.25, -0.2) is 4.79 Å². The van der Waals surface area contributed by atoms with E-state index in [-0.39, 0.29) is 12.2 Å². The molecule has 0 heterocycles. The number of carbonyl (C=O) groups excluding carboxylic acids is 1. The van der Waals surface area contributed by atoms with E-state index in [4.69, 9.17) is 19.5 Å². The highest BCUT2D eigenvalue weighted by atomic mass is 16.5. The molecule has 0 spiro atoms. The molecular weight excluding hydrogens is 284 g/mol. The minimum absolute atomic E-state index is 0.0471. The predicted molar refractivity (Wildman–Crippen MR) is 81.6 cm³/mol. The summed E-state index contributed by atoms with van der Waals surface area (Å²) in [6, 6.07) is 7.47. The maximum atomic E-state index is 11.4. The molecule has 0 aliphatic carbocycles. The van der Waals surface area contributed by atoms with Gasteiger partial charge in [0.15, 0.2) is 17.1 Å². The lowest BCUT2D eigenvalue weighted by atomic mass is 10.1. The number of methoxy groups -OCH3 is 2. The van der Waals surface area contributed by atoms with Crippen LogP contribution < -0.4 is 14.8 Å². The van der Waals surface area contributed by atoms with Crippen LogP contribution in [0.2, 0.25) is 0 Å². The van der Waals surface area contributed by atoms with Crippen LogP contribution in [0.3, 0.4) is 0 Å². The van der Waals surface area contributed by atoms with Crippen molar-refractivity contribution in [3.63, 3.8) is 0 Å². The van der Waals surface area contributed by atoms with Gasteiger partial charge in [0.2, 0.25) is 0 Å². The van der Waals surface area contributed by atoms with Gasteiger partial charge in [-0.2, -0.15) is 5.26 Å². The molecule has 6 heteroatoms. The van der Waals surface area contributed by atoms with E-state index in [2.05, 4.69) is 5.32 Å². The van der Waals surface area contributed by atoms with Crippen LogP contribution >= 0.6 is 0 Å². The lowest BCUT2D eigenvalue weighted by Crippen LogP contribution is -2.14. The second-order valence-corrected chi connectivity index (χ2v) is 4.28. The normalized spacial score (nSPS) is 10.5. The molecule has 0 saturated heterocycles. The number of nitriles is 1. The summed E-state index contributed by atoms with van der Waals surface area (Å²) >= 11 is 0. The van der Waals surface area contributed by atoms with E-state index < -0.39 is 5.97 Å². The Kier molecular flexibility index (Phi) is 7.34. The van der Waals surface area contributed by atoms with Crippen molar-refractivity contribution < 1.29 is 19.0 Å². The Morgan fingerprint density at radius 3 is 2.64 bits per heavy atom. The first-order chi connectivity index (χ1) is 10.7. The molecule has 0 aromatic heterocycles. The highest BCUT2D eigenvalue weighted by Crippen LogP contribution is 2.27. The van der Waals surface area contributed by atoms with Gasteiger partial charge in [0.1, 0.15) is 6.07 Å². The van der Waals surface area contributed by atoms with E-state index in [1.807, 2.05) is 18.2 Å². The number of benzene rings is 1. The van der Waals surface area contributed by atoms with Crippen molar-refractivity contribution in [1.29, 1.82) is 5.26 Å². The number of hydrogen-bond acceptors (Lipinski definition) is 6. The molecule has 0 unspecified atom stereocenters. The Balaban J connectivity index is 2.57. The Morgan fingerprint density at radius 1 is 1.32 bits per heavy atom. The fraction of sp³-hybridized carbons (Fsp3) is 0.375. The largest absolute Gasteiger partial charge is 0.493 e.